The molecule has 134 valence electrons. The summed E-state index contributed by atoms with van der Waals surface area (Å²) >= 11 is 0. The maximum Gasteiger partial charge on any atom is 0.417 e. The fourth-order valence-corrected chi connectivity index (χ4v) is 2.73. The average Bonchev–Trinajstić information content (AvgIpc) is 3.02. The van der Waals surface area contributed by atoms with E-state index in [9.17, 15) is 27.9 Å². The number of carbonyl (C=O) groups excluding carboxylic acids is 1. The molecule has 0 spiro atoms. The van der Waals surface area contributed by atoms with Gasteiger partial charge in [0, 0.05) is 29.7 Å². The molecule has 3 aromatic rings. The molecule has 0 amide bonds. The number of Topliss-reactive ketones (excluding diaryl/α,β-unsaturated/α-hetero) is 1. The second kappa shape index (κ2) is 6.62. The number of aromatic nitrogens is 2. The standard InChI is InChI=1S/C18H13F3N2O3/c19-18(20,21)10-5-6-15(22-8-10)16(24)7-12(17(25)26)13-9-23-14-4-2-1-3-11(13)14/h1-6,8-9,12,23H,7H2,(H,25,26). The summed E-state index contributed by atoms with van der Waals surface area (Å²) in [4.78, 5) is 30.5. The minimum Gasteiger partial charge on any atom is -0.481 e. The number of fused-ring (bicyclic) bond motifs is 1. The average molecular weight is 362 g/mol. The predicted molar refractivity (Wildman–Crippen MR) is 86.9 cm³/mol. The number of aromatic amines is 1. The fourth-order valence-electron chi connectivity index (χ4n) is 2.73. The molecule has 1 aromatic carbocycles. The molecule has 0 saturated carbocycles. The number of pyridine rings is 1. The van der Waals surface area contributed by atoms with Gasteiger partial charge in [-0.1, -0.05) is 18.2 Å². The van der Waals surface area contributed by atoms with Gasteiger partial charge in [0.05, 0.1) is 11.5 Å². The van der Waals surface area contributed by atoms with Crippen molar-refractivity contribution in [2.45, 2.75) is 18.5 Å². The summed E-state index contributed by atoms with van der Waals surface area (Å²) in [7, 11) is 0. The summed E-state index contributed by atoms with van der Waals surface area (Å²) < 4.78 is 37.7. The molecule has 0 saturated heterocycles. The minimum atomic E-state index is -4.55. The van der Waals surface area contributed by atoms with Gasteiger partial charge in [-0.2, -0.15) is 13.2 Å². The molecule has 0 aliphatic carbocycles. The van der Waals surface area contributed by atoms with E-state index in [0.717, 1.165) is 17.6 Å². The lowest BCUT2D eigenvalue weighted by Gasteiger charge is -2.11. The highest BCUT2D eigenvalue weighted by molar-refractivity contribution is 5.99. The van der Waals surface area contributed by atoms with Crippen LogP contribution < -0.4 is 0 Å². The minimum absolute atomic E-state index is 0.205. The van der Waals surface area contributed by atoms with Gasteiger partial charge in [0.1, 0.15) is 5.69 Å². The van der Waals surface area contributed by atoms with Crippen molar-refractivity contribution in [3.63, 3.8) is 0 Å². The number of alkyl halides is 3. The molecule has 2 aromatic heterocycles. The Kier molecular flexibility index (Phi) is 4.50. The molecule has 2 heterocycles. The van der Waals surface area contributed by atoms with Crippen LogP contribution in [0.25, 0.3) is 10.9 Å². The first kappa shape index (κ1) is 17.7. The third-order valence-electron chi connectivity index (χ3n) is 4.06. The van der Waals surface area contributed by atoms with Crippen LogP contribution in [0.2, 0.25) is 0 Å². The van der Waals surface area contributed by atoms with Gasteiger partial charge in [0.2, 0.25) is 0 Å². The number of nitrogens with one attached hydrogen (secondary N) is 1. The van der Waals surface area contributed by atoms with Crippen LogP contribution in [-0.4, -0.2) is 26.8 Å². The van der Waals surface area contributed by atoms with Crippen molar-refractivity contribution in [3.8, 4) is 0 Å². The molecule has 0 radical (unpaired) electrons. The monoisotopic (exact) mass is 362 g/mol. The molecule has 8 heteroatoms. The van der Waals surface area contributed by atoms with Crippen LogP contribution in [0.5, 0.6) is 0 Å². The molecular weight excluding hydrogens is 349 g/mol. The molecule has 1 atom stereocenters. The van der Waals surface area contributed by atoms with Crippen LogP contribution in [0.3, 0.4) is 0 Å². The van der Waals surface area contributed by atoms with Crippen LogP contribution in [-0.2, 0) is 11.0 Å². The zero-order valence-electron chi connectivity index (χ0n) is 13.2. The first-order chi connectivity index (χ1) is 12.3. The van der Waals surface area contributed by atoms with Crippen molar-refractivity contribution in [1.82, 2.24) is 9.97 Å². The van der Waals surface area contributed by atoms with Gasteiger partial charge in [0.15, 0.2) is 5.78 Å². The largest absolute Gasteiger partial charge is 0.481 e. The van der Waals surface area contributed by atoms with Gasteiger partial charge in [-0.25, -0.2) is 0 Å². The number of hydrogen-bond donors (Lipinski definition) is 2. The lowest BCUT2D eigenvalue weighted by Crippen LogP contribution is -2.17. The van der Waals surface area contributed by atoms with Crippen molar-refractivity contribution in [2.24, 2.45) is 0 Å². The first-order valence-corrected chi connectivity index (χ1v) is 7.62. The van der Waals surface area contributed by atoms with Crippen LogP contribution in [0, 0.1) is 0 Å². The quantitative estimate of drug-likeness (QED) is 0.672. The van der Waals surface area contributed by atoms with Crippen LogP contribution in [0.1, 0.15) is 34.0 Å². The van der Waals surface area contributed by atoms with E-state index in [1.54, 1.807) is 24.3 Å². The first-order valence-electron chi connectivity index (χ1n) is 7.62. The Morgan fingerprint density at radius 2 is 1.88 bits per heavy atom. The molecule has 26 heavy (non-hydrogen) atoms. The molecular formula is C18H13F3N2O3. The second-order valence-corrected chi connectivity index (χ2v) is 5.74. The smallest absolute Gasteiger partial charge is 0.417 e. The summed E-state index contributed by atoms with van der Waals surface area (Å²) in [5.41, 5.74) is -0.00762. The number of ketones is 1. The van der Waals surface area contributed by atoms with Crippen LogP contribution in [0.15, 0.2) is 48.8 Å². The van der Waals surface area contributed by atoms with Gasteiger partial charge < -0.3 is 10.1 Å². The van der Waals surface area contributed by atoms with E-state index in [1.165, 1.54) is 6.20 Å². The Bertz CT molecular complexity index is 962. The number of halogens is 3. The van der Waals surface area contributed by atoms with Crippen LogP contribution >= 0.6 is 0 Å². The third kappa shape index (κ3) is 3.44. The van der Waals surface area contributed by atoms with E-state index >= 15 is 0 Å². The van der Waals surface area contributed by atoms with Crippen molar-refractivity contribution < 1.29 is 27.9 Å². The predicted octanol–water partition coefficient (Wildman–Crippen LogP) is 4.02. The molecule has 2 N–H and O–H groups in total. The third-order valence-corrected chi connectivity index (χ3v) is 4.06. The number of carbonyl (C=O) groups is 2. The SMILES string of the molecule is O=C(CC(C(=O)O)c1c[nH]c2ccccc12)c1ccc(C(F)(F)F)cn1. The summed E-state index contributed by atoms with van der Waals surface area (Å²) in [6, 6.07) is 8.75. The van der Waals surface area contributed by atoms with E-state index in [-0.39, 0.29) is 5.69 Å². The Morgan fingerprint density at radius 3 is 2.50 bits per heavy atom. The number of rotatable bonds is 5. The molecule has 3 rings (SSSR count). The number of carboxylic acid groups (broad SMARTS) is 1. The van der Waals surface area contributed by atoms with E-state index in [4.69, 9.17) is 0 Å². The normalized spacial score (nSPS) is 12.9. The molecule has 1 unspecified atom stereocenters. The lowest BCUT2D eigenvalue weighted by atomic mass is 9.92. The zero-order chi connectivity index (χ0) is 18.9. The molecule has 0 bridgehead atoms. The Labute approximate surface area is 145 Å². The number of aliphatic carboxylic acids is 1. The van der Waals surface area contributed by atoms with Crippen molar-refractivity contribution in [3.05, 3.63) is 65.6 Å². The number of carboxylic acids is 1. The molecule has 5 nitrogen and oxygen atoms in total. The van der Waals surface area contributed by atoms with E-state index in [0.29, 0.717) is 17.1 Å². The summed E-state index contributed by atoms with van der Waals surface area (Å²) in [6.07, 6.45) is -2.87. The number of para-hydroxylation sites is 1. The van der Waals surface area contributed by atoms with E-state index in [1.807, 2.05) is 0 Å². The van der Waals surface area contributed by atoms with E-state index in [2.05, 4.69) is 9.97 Å². The Balaban J connectivity index is 1.87. The van der Waals surface area contributed by atoms with E-state index < -0.39 is 35.8 Å². The highest BCUT2D eigenvalue weighted by Crippen LogP contribution is 2.30. The summed E-state index contributed by atoms with van der Waals surface area (Å²) in [5.74, 6) is -2.98. The number of nitrogens with zero attached hydrogens (tertiary/aromatic N) is 1. The highest BCUT2D eigenvalue weighted by Gasteiger charge is 2.31. The number of benzene rings is 1. The summed E-state index contributed by atoms with van der Waals surface area (Å²) in [5, 5.41) is 10.2. The van der Waals surface area contributed by atoms with Gasteiger partial charge in [-0.15, -0.1) is 0 Å². The summed E-state index contributed by atoms with van der Waals surface area (Å²) in [6.45, 7) is 0. The van der Waals surface area contributed by atoms with Crippen molar-refractivity contribution in [1.29, 1.82) is 0 Å². The molecule has 0 fully saturated rings. The molecule has 0 aliphatic rings. The molecule has 0 aliphatic heterocycles. The van der Waals surface area contributed by atoms with Crippen molar-refractivity contribution in [2.75, 3.05) is 0 Å². The maximum absolute atomic E-state index is 12.6. The Morgan fingerprint density at radius 1 is 1.15 bits per heavy atom. The topological polar surface area (TPSA) is 83.0 Å². The Hall–Kier alpha value is -3.16. The van der Waals surface area contributed by atoms with Gasteiger partial charge >= 0.3 is 12.1 Å². The second-order valence-electron chi connectivity index (χ2n) is 5.74. The number of H-pyrrole nitrogens is 1. The van der Waals surface area contributed by atoms with Gasteiger partial charge in [-0.05, 0) is 23.8 Å². The maximum atomic E-state index is 12.6. The van der Waals surface area contributed by atoms with Gasteiger partial charge in [0.25, 0.3) is 0 Å². The highest BCUT2D eigenvalue weighted by atomic mass is 19.4. The van der Waals surface area contributed by atoms with Crippen LogP contribution in [0.4, 0.5) is 13.2 Å². The lowest BCUT2D eigenvalue weighted by molar-refractivity contribution is -0.139. The number of hydrogen-bond acceptors (Lipinski definition) is 3. The van der Waals surface area contributed by atoms with Gasteiger partial charge in [-0.3, -0.25) is 14.6 Å². The fraction of sp³-hybridized carbons (Fsp3) is 0.167. The van der Waals surface area contributed by atoms with Crippen molar-refractivity contribution >= 4 is 22.7 Å². The zero-order valence-corrected chi connectivity index (χ0v) is 13.2.